The highest BCUT2D eigenvalue weighted by Crippen LogP contribution is 2.56. The fraction of sp³-hybridized carbons (Fsp3) is 0.700. The summed E-state index contributed by atoms with van der Waals surface area (Å²) in [5.74, 6) is -0.0640. The van der Waals surface area contributed by atoms with Gasteiger partial charge in [-0.2, -0.15) is 0 Å². The van der Waals surface area contributed by atoms with Gasteiger partial charge >= 0.3 is 5.97 Å². The monoisotopic (exact) mass is 184 g/mol. The smallest absolute Gasteiger partial charge is 0.318 e. The Balaban J connectivity index is 2.75. The largest absolute Gasteiger partial charge is 0.468 e. The van der Waals surface area contributed by atoms with E-state index in [0.29, 0.717) is 6.61 Å². The number of methoxy groups -OCH3 is 1. The fourth-order valence-corrected chi connectivity index (χ4v) is 1.87. The molecule has 1 fully saturated rings. The van der Waals surface area contributed by atoms with Crippen molar-refractivity contribution >= 4 is 5.97 Å². The zero-order valence-corrected chi connectivity index (χ0v) is 8.37. The van der Waals surface area contributed by atoms with Crippen molar-refractivity contribution in [3.05, 3.63) is 12.7 Å². The lowest BCUT2D eigenvalue weighted by atomic mass is 10.1. The van der Waals surface area contributed by atoms with Crippen LogP contribution in [0.2, 0.25) is 0 Å². The molecule has 0 spiro atoms. The molecule has 3 atom stereocenters. The summed E-state index contributed by atoms with van der Waals surface area (Å²) in [6.45, 7) is 8.16. The van der Waals surface area contributed by atoms with E-state index in [9.17, 15) is 4.79 Å². The summed E-state index contributed by atoms with van der Waals surface area (Å²) >= 11 is 0. The first-order chi connectivity index (χ1) is 6.15. The van der Waals surface area contributed by atoms with Gasteiger partial charge in [-0.3, -0.25) is 4.79 Å². The molecule has 1 rings (SSSR count). The molecule has 0 saturated heterocycles. The third-order valence-corrected chi connectivity index (χ3v) is 2.79. The third-order valence-electron chi connectivity index (χ3n) is 2.79. The molecular weight excluding hydrogens is 168 g/mol. The molecule has 0 bridgehead atoms. The summed E-state index contributed by atoms with van der Waals surface area (Å²) in [4.78, 5) is 11.4. The van der Waals surface area contributed by atoms with E-state index in [-0.39, 0.29) is 18.0 Å². The second-order valence-electron chi connectivity index (χ2n) is 3.29. The number of carbonyl (C=O) groups is 1. The zero-order valence-electron chi connectivity index (χ0n) is 8.37. The van der Waals surface area contributed by atoms with Crippen LogP contribution < -0.4 is 0 Å². The Morgan fingerprint density at radius 2 is 2.31 bits per heavy atom. The van der Waals surface area contributed by atoms with Crippen LogP contribution in [0.3, 0.4) is 0 Å². The van der Waals surface area contributed by atoms with Crippen LogP contribution >= 0.6 is 0 Å². The standard InChI is InChI=1S/C10H16O3/c1-5-10(9(11)12-4)7(3)8(10)13-6-2/h5,7-8H,1,6H2,2-4H3/t7-,8+,10+/m1/s1. The van der Waals surface area contributed by atoms with Gasteiger partial charge in [0.2, 0.25) is 0 Å². The van der Waals surface area contributed by atoms with Crippen molar-refractivity contribution < 1.29 is 14.3 Å². The minimum absolute atomic E-state index is 0.0533. The van der Waals surface area contributed by atoms with Crippen molar-refractivity contribution in [3.8, 4) is 0 Å². The van der Waals surface area contributed by atoms with Crippen molar-refractivity contribution in [2.75, 3.05) is 13.7 Å². The van der Waals surface area contributed by atoms with Gasteiger partial charge in [-0.1, -0.05) is 13.0 Å². The van der Waals surface area contributed by atoms with Gasteiger partial charge in [0.05, 0.1) is 13.2 Å². The van der Waals surface area contributed by atoms with Gasteiger partial charge in [-0.15, -0.1) is 6.58 Å². The Morgan fingerprint density at radius 3 is 2.69 bits per heavy atom. The molecule has 0 aliphatic heterocycles. The van der Waals surface area contributed by atoms with E-state index < -0.39 is 5.41 Å². The van der Waals surface area contributed by atoms with E-state index in [4.69, 9.17) is 9.47 Å². The molecule has 1 aliphatic rings. The van der Waals surface area contributed by atoms with E-state index >= 15 is 0 Å². The predicted octanol–water partition coefficient (Wildman–Crippen LogP) is 1.39. The molecule has 74 valence electrons. The Labute approximate surface area is 78.7 Å². The molecule has 1 saturated carbocycles. The normalized spacial score (nSPS) is 36.8. The second-order valence-corrected chi connectivity index (χ2v) is 3.29. The molecule has 0 aromatic heterocycles. The van der Waals surface area contributed by atoms with E-state index in [1.807, 2.05) is 13.8 Å². The lowest BCUT2D eigenvalue weighted by Gasteiger charge is -2.09. The molecule has 0 amide bonds. The second kappa shape index (κ2) is 3.50. The molecule has 0 heterocycles. The van der Waals surface area contributed by atoms with Crippen LogP contribution in [0.4, 0.5) is 0 Å². The SMILES string of the molecule is C=C[C@]1(C(=O)OC)[C@H](C)[C@@H]1OCC. The Kier molecular flexibility index (Phi) is 2.76. The van der Waals surface area contributed by atoms with Crippen LogP contribution in [0.25, 0.3) is 0 Å². The van der Waals surface area contributed by atoms with Crippen LogP contribution in [0.1, 0.15) is 13.8 Å². The third kappa shape index (κ3) is 1.27. The number of carbonyl (C=O) groups excluding carboxylic acids is 1. The molecular formula is C10H16O3. The lowest BCUT2D eigenvalue weighted by Crippen LogP contribution is -2.20. The maximum atomic E-state index is 11.4. The predicted molar refractivity (Wildman–Crippen MR) is 49.2 cm³/mol. The van der Waals surface area contributed by atoms with Gasteiger partial charge < -0.3 is 9.47 Å². The number of ether oxygens (including phenoxy) is 2. The number of rotatable bonds is 4. The van der Waals surface area contributed by atoms with Gasteiger partial charge in [0.25, 0.3) is 0 Å². The van der Waals surface area contributed by atoms with Crippen molar-refractivity contribution in [2.24, 2.45) is 11.3 Å². The maximum Gasteiger partial charge on any atom is 0.318 e. The van der Waals surface area contributed by atoms with Gasteiger partial charge in [-0.05, 0) is 6.92 Å². The molecule has 1 aliphatic carbocycles. The molecule has 13 heavy (non-hydrogen) atoms. The van der Waals surface area contributed by atoms with Crippen molar-refractivity contribution in [3.63, 3.8) is 0 Å². The minimum Gasteiger partial charge on any atom is -0.468 e. The molecule has 3 nitrogen and oxygen atoms in total. The Morgan fingerprint density at radius 1 is 1.69 bits per heavy atom. The van der Waals surface area contributed by atoms with E-state index in [1.54, 1.807) is 6.08 Å². The maximum absolute atomic E-state index is 11.4. The average molecular weight is 184 g/mol. The van der Waals surface area contributed by atoms with E-state index in [0.717, 1.165) is 0 Å². The topological polar surface area (TPSA) is 35.5 Å². The van der Waals surface area contributed by atoms with Gasteiger partial charge in [0.1, 0.15) is 5.41 Å². The summed E-state index contributed by atoms with van der Waals surface area (Å²) in [7, 11) is 1.39. The highest BCUT2D eigenvalue weighted by Gasteiger charge is 2.67. The average Bonchev–Trinajstić information content (AvgIpc) is 2.72. The van der Waals surface area contributed by atoms with Crippen LogP contribution in [-0.4, -0.2) is 25.8 Å². The Bertz CT molecular complexity index is 224. The van der Waals surface area contributed by atoms with Crippen molar-refractivity contribution in [2.45, 2.75) is 20.0 Å². The first-order valence-corrected chi connectivity index (χ1v) is 4.48. The quantitative estimate of drug-likeness (QED) is 0.489. The zero-order chi connectivity index (χ0) is 10.1. The molecule has 3 heteroatoms. The highest BCUT2D eigenvalue weighted by molar-refractivity contribution is 5.84. The molecule has 0 N–H and O–H groups in total. The van der Waals surface area contributed by atoms with Gasteiger partial charge in [0, 0.05) is 12.5 Å². The number of hydrogen-bond acceptors (Lipinski definition) is 3. The summed E-state index contributed by atoms with van der Waals surface area (Å²) in [5.41, 5.74) is -0.592. The lowest BCUT2D eigenvalue weighted by molar-refractivity contribution is -0.147. The first kappa shape index (κ1) is 10.3. The summed E-state index contributed by atoms with van der Waals surface area (Å²) in [5, 5.41) is 0. The molecule has 0 aromatic rings. The summed E-state index contributed by atoms with van der Waals surface area (Å²) < 4.78 is 10.1. The number of hydrogen-bond donors (Lipinski definition) is 0. The minimum atomic E-state index is -0.592. The molecule has 0 radical (unpaired) electrons. The van der Waals surface area contributed by atoms with Gasteiger partial charge in [-0.25, -0.2) is 0 Å². The fourth-order valence-electron chi connectivity index (χ4n) is 1.87. The first-order valence-electron chi connectivity index (χ1n) is 4.48. The Hall–Kier alpha value is -0.830. The number of esters is 1. The highest BCUT2D eigenvalue weighted by atomic mass is 16.5. The summed E-state index contributed by atoms with van der Waals surface area (Å²) in [6.07, 6.45) is 1.59. The van der Waals surface area contributed by atoms with Crippen LogP contribution in [0.5, 0.6) is 0 Å². The summed E-state index contributed by atoms with van der Waals surface area (Å²) in [6, 6.07) is 0. The van der Waals surface area contributed by atoms with Crippen LogP contribution in [0.15, 0.2) is 12.7 Å². The molecule has 0 aromatic carbocycles. The van der Waals surface area contributed by atoms with Gasteiger partial charge in [0.15, 0.2) is 0 Å². The van der Waals surface area contributed by atoms with Crippen LogP contribution in [-0.2, 0) is 14.3 Å². The van der Waals surface area contributed by atoms with Crippen LogP contribution in [0, 0.1) is 11.3 Å². The molecule has 0 unspecified atom stereocenters. The van der Waals surface area contributed by atoms with Crippen molar-refractivity contribution in [1.29, 1.82) is 0 Å². The van der Waals surface area contributed by atoms with E-state index in [2.05, 4.69) is 6.58 Å². The van der Waals surface area contributed by atoms with E-state index in [1.165, 1.54) is 7.11 Å². The van der Waals surface area contributed by atoms with Crippen molar-refractivity contribution in [1.82, 2.24) is 0 Å².